The lowest BCUT2D eigenvalue weighted by molar-refractivity contribution is 0.0932. The molecule has 4 heteroatoms. The largest absolute Gasteiger partial charge is 0.384 e. The molecule has 2 aliphatic rings. The Kier molecular flexibility index (Phi) is 3.92. The molecule has 1 aromatic rings. The summed E-state index contributed by atoms with van der Waals surface area (Å²) < 4.78 is 0. The minimum atomic E-state index is 0.0354. The molecule has 0 radical (unpaired) electrons. The fraction of sp³-hybridized carbons (Fsp3) is 0.562. The zero-order valence-corrected chi connectivity index (χ0v) is 12.1. The minimum Gasteiger partial charge on any atom is -0.384 e. The van der Waals surface area contributed by atoms with Crippen molar-refractivity contribution in [1.82, 2.24) is 10.2 Å². The van der Waals surface area contributed by atoms with Gasteiger partial charge in [0.05, 0.1) is 0 Å². The summed E-state index contributed by atoms with van der Waals surface area (Å²) in [5.41, 5.74) is 3.18. The first kappa shape index (κ1) is 13.4. The van der Waals surface area contributed by atoms with Crippen LogP contribution in [0.3, 0.4) is 0 Å². The average molecular weight is 273 g/mol. The van der Waals surface area contributed by atoms with E-state index in [0.29, 0.717) is 0 Å². The second kappa shape index (κ2) is 5.83. The van der Waals surface area contributed by atoms with Gasteiger partial charge < -0.3 is 15.5 Å². The number of carbonyl (C=O) groups excluding carboxylic acids is 1. The Morgan fingerprint density at radius 2 is 2.20 bits per heavy atom. The molecule has 0 saturated carbocycles. The highest BCUT2D eigenvalue weighted by atomic mass is 16.1. The third-order valence-electron chi connectivity index (χ3n) is 4.19. The van der Waals surface area contributed by atoms with Crippen LogP contribution in [0.1, 0.15) is 35.7 Å². The number of benzene rings is 1. The van der Waals surface area contributed by atoms with E-state index in [1.54, 1.807) is 0 Å². The number of likely N-dealkylation sites (tertiary alicyclic amines) is 1. The molecule has 108 valence electrons. The molecule has 0 aromatic heterocycles. The van der Waals surface area contributed by atoms with Gasteiger partial charge in [0, 0.05) is 30.4 Å². The summed E-state index contributed by atoms with van der Waals surface area (Å²) in [6, 6.07) is 6.17. The number of fused-ring (bicyclic) bond motifs is 1. The molecule has 0 aliphatic carbocycles. The first-order valence-electron chi connectivity index (χ1n) is 7.62. The number of amides is 1. The van der Waals surface area contributed by atoms with Gasteiger partial charge in [-0.3, -0.25) is 4.79 Å². The second-order valence-corrected chi connectivity index (χ2v) is 5.93. The number of nitrogens with one attached hydrogen (secondary N) is 2. The molecule has 2 heterocycles. The summed E-state index contributed by atoms with van der Waals surface area (Å²) in [5, 5.41) is 6.43. The van der Waals surface area contributed by atoms with E-state index in [1.807, 2.05) is 12.1 Å². The lowest BCUT2D eigenvalue weighted by Gasteiger charge is -2.21. The summed E-state index contributed by atoms with van der Waals surface area (Å²) in [6.07, 6.45) is 3.64. The zero-order valence-electron chi connectivity index (χ0n) is 12.1. The van der Waals surface area contributed by atoms with Gasteiger partial charge in [0.25, 0.3) is 5.91 Å². The van der Waals surface area contributed by atoms with E-state index < -0.39 is 0 Å². The highest BCUT2D eigenvalue weighted by Crippen LogP contribution is 2.23. The van der Waals surface area contributed by atoms with E-state index in [2.05, 4.69) is 28.5 Å². The zero-order chi connectivity index (χ0) is 13.9. The smallest absolute Gasteiger partial charge is 0.251 e. The third kappa shape index (κ3) is 2.96. The molecule has 0 bridgehead atoms. The Bertz CT molecular complexity index is 494. The molecule has 1 atom stereocenters. The maximum absolute atomic E-state index is 12.3. The molecule has 2 aliphatic heterocycles. The Morgan fingerprint density at radius 1 is 1.40 bits per heavy atom. The molecule has 20 heavy (non-hydrogen) atoms. The first-order valence-corrected chi connectivity index (χ1v) is 7.62. The van der Waals surface area contributed by atoms with E-state index in [0.717, 1.165) is 30.8 Å². The molecule has 4 nitrogen and oxygen atoms in total. The Labute approximate surface area is 120 Å². The van der Waals surface area contributed by atoms with Gasteiger partial charge in [-0.2, -0.15) is 0 Å². The van der Waals surface area contributed by atoms with Crippen molar-refractivity contribution in [1.29, 1.82) is 0 Å². The van der Waals surface area contributed by atoms with Crippen molar-refractivity contribution in [2.24, 2.45) is 0 Å². The van der Waals surface area contributed by atoms with E-state index in [1.165, 1.54) is 31.5 Å². The van der Waals surface area contributed by atoms with Crippen LogP contribution < -0.4 is 10.6 Å². The predicted molar refractivity (Wildman–Crippen MR) is 81.2 cm³/mol. The van der Waals surface area contributed by atoms with Crippen LogP contribution in [-0.4, -0.2) is 43.0 Å². The number of hydrogen-bond donors (Lipinski definition) is 2. The fourth-order valence-corrected chi connectivity index (χ4v) is 3.14. The quantitative estimate of drug-likeness (QED) is 0.880. The van der Waals surface area contributed by atoms with Crippen molar-refractivity contribution in [3.8, 4) is 0 Å². The highest BCUT2D eigenvalue weighted by molar-refractivity contribution is 5.95. The van der Waals surface area contributed by atoms with Gasteiger partial charge in [-0.05, 0) is 57.0 Å². The van der Waals surface area contributed by atoms with Crippen LogP contribution in [-0.2, 0) is 6.42 Å². The van der Waals surface area contributed by atoms with Crippen molar-refractivity contribution in [3.63, 3.8) is 0 Å². The van der Waals surface area contributed by atoms with Crippen LogP contribution in [0.5, 0.6) is 0 Å². The summed E-state index contributed by atoms with van der Waals surface area (Å²) in [4.78, 5) is 14.7. The van der Waals surface area contributed by atoms with Crippen LogP contribution in [0.25, 0.3) is 0 Å². The van der Waals surface area contributed by atoms with Crippen molar-refractivity contribution in [3.05, 3.63) is 29.3 Å². The van der Waals surface area contributed by atoms with Crippen molar-refractivity contribution >= 4 is 11.6 Å². The van der Waals surface area contributed by atoms with Crippen LogP contribution in [0.4, 0.5) is 5.69 Å². The molecular formula is C16H23N3O. The third-order valence-corrected chi connectivity index (χ3v) is 4.19. The molecule has 1 saturated heterocycles. The number of nitrogens with zero attached hydrogens (tertiary/aromatic N) is 1. The fourth-order valence-electron chi connectivity index (χ4n) is 3.14. The van der Waals surface area contributed by atoms with Gasteiger partial charge in [0.1, 0.15) is 0 Å². The van der Waals surface area contributed by atoms with Crippen molar-refractivity contribution in [2.75, 3.05) is 31.5 Å². The molecule has 1 amide bonds. The maximum Gasteiger partial charge on any atom is 0.251 e. The SMILES string of the molecule is CC(CN1CCCC1)NC(=O)c1ccc2c(c1)NCC2. The van der Waals surface area contributed by atoms with Gasteiger partial charge in [0.2, 0.25) is 0 Å². The standard InChI is InChI=1S/C16H23N3O/c1-12(11-19-8-2-3-9-19)18-16(20)14-5-4-13-6-7-17-15(13)10-14/h4-5,10,12,17H,2-3,6-9,11H2,1H3,(H,18,20). The monoisotopic (exact) mass is 273 g/mol. The van der Waals surface area contributed by atoms with Crippen molar-refractivity contribution < 1.29 is 4.79 Å². The van der Waals surface area contributed by atoms with E-state index in [-0.39, 0.29) is 11.9 Å². The van der Waals surface area contributed by atoms with Crippen LogP contribution in [0.15, 0.2) is 18.2 Å². The van der Waals surface area contributed by atoms with Crippen LogP contribution >= 0.6 is 0 Å². The van der Waals surface area contributed by atoms with E-state index in [4.69, 9.17) is 0 Å². The highest BCUT2D eigenvalue weighted by Gasteiger charge is 2.18. The van der Waals surface area contributed by atoms with E-state index in [9.17, 15) is 4.79 Å². The summed E-state index contributed by atoms with van der Waals surface area (Å²) in [6.45, 7) is 6.36. The first-order chi connectivity index (χ1) is 9.72. The predicted octanol–water partition coefficient (Wildman–Crippen LogP) is 1.87. The van der Waals surface area contributed by atoms with Crippen LogP contribution in [0, 0.1) is 0 Å². The topological polar surface area (TPSA) is 44.4 Å². The molecule has 0 spiro atoms. The Morgan fingerprint density at radius 3 is 3.00 bits per heavy atom. The summed E-state index contributed by atoms with van der Waals surface area (Å²) >= 11 is 0. The number of anilines is 1. The van der Waals surface area contributed by atoms with Crippen LogP contribution in [0.2, 0.25) is 0 Å². The van der Waals surface area contributed by atoms with Gasteiger partial charge in [-0.1, -0.05) is 6.07 Å². The lowest BCUT2D eigenvalue weighted by Crippen LogP contribution is -2.41. The Hall–Kier alpha value is -1.55. The summed E-state index contributed by atoms with van der Waals surface area (Å²) in [7, 11) is 0. The number of hydrogen-bond acceptors (Lipinski definition) is 3. The van der Waals surface area contributed by atoms with Gasteiger partial charge in [0.15, 0.2) is 0 Å². The molecule has 3 rings (SSSR count). The molecule has 1 aromatic carbocycles. The van der Waals surface area contributed by atoms with E-state index >= 15 is 0 Å². The number of rotatable bonds is 4. The second-order valence-electron chi connectivity index (χ2n) is 5.93. The normalized spacial score (nSPS) is 19.4. The maximum atomic E-state index is 12.3. The summed E-state index contributed by atoms with van der Waals surface area (Å²) in [5.74, 6) is 0.0354. The van der Waals surface area contributed by atoms with Gasteiger partial charge in [-0.25, -0.2) is 0 Å². The molecule has 2 N–H and O–H groups in total. The average Bonchev–Trinajstić information content (AvgIpc) is 3.07. The van der Waals surface area contributed by atoms with Gasteiger partial charge >= 0.3 is 0 Å². The Balaban J connectivity index is 1.58. The van der Waals surface area contributed by atoms with Gasteiger partial charge in [-0.15, -0.1) is 0 Å². The molecular weight excluding hydrogens is 250 g/mol. The lowest BCUT2D eigenvalue weighted by atomic mass is 10.1. The number of carbonyl (C=O) groups is 1. The van der Waals surface area contributed by atoms with Crippen molar-refractivity contribution in [2.45, 2.75) is 32.2 Å². The minimum absolute atomic E-state index is 0.0354. The molecule has 1 fully saturated rings. The molecule has 1 unspecified atom stereocenters.